The van der Waals surface area contributed by atoms with Crippen molar-refractivity contribution < 1.29 is 33.0 Å². The zero-order chi connectivity index (χ0) is 18.8. The topological polar surface area (TPSA) is 101 Å². The van der Waals surface area contributed by atoms with Crippen LogP contribution in [-0.2, 0) is 6.18 Å². The molecule has 0 atom stereocenters. The van der Waals surface area contributed by atoms with Crippen LogP contribution in [0.1, 0.15) is 31.8 Å². The third kappa shape index (κ3) is 4.17. The average molecular weight is 351 g/mol. The molecule has 0 fully saturated rings. The summed E-state index contributed by atoms with van der Waals surface area (Å²) in [4.78, 5) is 23.1. The van der Waals surface area contributed by atoms with Gasteiger partial charge in [0.05, 0.1) is 11.3 Å². The molecule has 0 radical (unpaired) electrons. The summed E-state index contributed by atoms with van der Waals surface area (Å²) in [5, 5.41) is 18.5. The number of hydrogen-bond acceptors (Lipinski definition) is 4. The molecule has 4 N–H and O–H groups in total. The third-order valence-electron chi connectivity index (χ3n) is 3.30. The Labute approximate surface area is 139 Å². The minimum absolute atomic E-state index is 0.115. The van der Waals surface area contributed by atoms with E-state index in [2.05, 4.69) is 0 Å². The number of hydrogen-bond donors (Lipinski definition) is 3. The maximum atomic E-state index is 12.6. The fourth-order valence-electron chi connectivity index (χ4n) is 2.05. The highest BCUT2D eigenvalue weighted by Crippen LogP contribution is 2.30. The van der Waals surface area contributed by atoms with Crippen LogP contribution in [0.5, 0.6) is 5.75 Å². The molecule has 2 aromatic carbocycles. The van der Waals surface area contributed by atoms with Gasteiger partial charge in [-0.1, -0.05) is 18.2 Å². The summed E-state index contributed by atoms with van der Waals surface area (Å²) >= 11 is 0. The van der Waals surface area contributed by atoms with E-state index in [-0.39, 0.29) is 16.8 Å². The lowest BCUT2D eigenvalue weighted by Crippen LogP contribution is -2.05. The van der Waals surface area contributed by atoms with Crippen molar-refractivity contribution in [2.45, 2.75) is 6.18 Å². The smallest absolute Gasteiger partial charge is 0.416 e. The predicted octanol–water partition coefficient (Wildman–Crippen LogP) is 3.59. The maximum Gasteiger partial charge on any atom is 0.416 e. The molecule has 0 spiro atoms. The van der Waals surface area contributed by atoms with Crippen molar-refractivity contribution in [1.29, 1.82) is 0 Å². The monoisotopic (exact) mass is 351 g/mol. The molecule has 2 aromatic rings. The number of aromatic hydroxyl groups is 1. The van der Waals surface area contributed by atoms with Crippen LogP contribution in [0.2, 0.25) is 0 Å². The zero-order valence-corrected chi connectivity index (χ0v) is 12.5. The minimum atomic E-state index is -4.50. The number of nitrogens with two attached hydrogens (primary N) is 1. The van der Waals surface area contributed by atoms with E-state index in [9.17, 15) is 27.9 Å². The van der Waals surface area contributed by atoms with E-state index in [0.717, 1.165) is 30.3 Å². The Kier molecular flexibility index (Phi) is 4.82. The first kappa shape index (κ1) is 18.1. The molecular weight excluding hydrogens is 339 g/mol. The van der Waals surface area contributed by atoms with Crippen LogP contribution in [0.25, 0.3) is 6.08 Å². The van der Waals surface area contributed by atoms with Crippen molar-refractivity contribution in [1.82, 2.24) is 0 Å². The van der Waals surface area contributed by atoms with Gasteiger partial charge in [0, 0.05) is 5.56 Å². The van der Waals surface area contributed by atoms with Gasteiger partial charge in [-0.3, -0.25) is 4.79 Å². The molecule has 0 aliphatic carbocycles. The predicted molar refractivity (Wildman–Crippen MR) is 84.3 cm³/mol. The summed E-state index contributed by atoms with van der Waals surface area (Å²) in [6, 6.07) is 6.38. The summed E-state index contributed by atoms with van der Waals surface area (Å²) < 4.78 is 37.9. The molecule has 130 valence electrons. The standard InChI is InChI=1S/C17H12F3NO4/c18-17(19,20)11-3-1-2-9(6-11)4-5-14(22)10-7-12(16(24)25)15(23)13(21)8-10/h1-8,23H,21H2,(H,24,25). The quantitative estimate of drug-likeness (QED) is 0.338. The summed E-state index contributed by atoms with van der Waals surface area (Å²) in [5.41, 5.74) is 3.79. The number of carboxylic acids is 1. The fraction of sp³-hybridized carbons (Fsp3) is 0.0588. The van der Waals surface area contributed by atoms with E-state index in [1.54, 1.807) is 0 Å². The van der Waals surface area contributed by atoms with Crippen molar-refractivity contribution >= 4 is 23.5 Å². The Balaban J connectivity index is 2.31. The van der Waals surface area contributed by atoms with Gasteiger partial charge in [-0.05, 0) is 35.9 Å². The maximum absolute atomic E-state index is 12.6. The van der Waals surface area contributed by atoms with E-state index in [0.29, 0.717) is 0 Å². The highest BCUT2D eigenvalue weighted by Gasteiger charge is 2.30. The number of benzene rings is 2. The molecule has 0 aliphatic heterocycles. The number of aromatic carboxylic acids is 1. The number of nitrogen functional groups attached to an aromatic ring is 1. The molecule has 2 rings (SSSR count). The van der Waals surface area contributed by atoms with Crippen LogP contribution in [0.15, 0.2) is 42.5 Å². The Morgan fingerprint density at radius 3 is 2.40 bits per heavy atom. The summed E-state index contributed by atoms with van der Waals surface area (Å²) in [6.45, 7) is 0. The van der Waals surface area contributed by atoms with Gasteiger partial charge in [0.15, 0.2) is 11.5 Å². The summed E-state index contributed by atoms with van der Waals surface area (Å²) in [5.74, 6) is -2.81. The van der Waals surface area contributed by atoms with Crippen molar-refractivity contribution in [2.24, 2.45) is 0 Å². The summed E-state index contributed by atoms with van der Waals surface area (Å²) in [6.07, 6.45) is -2.34. The first-order valence-electron chi connectivity index (χ1n) is 6.85. The van der Waals surface area contributed by atoms with Crippen molar-refractivity contribution in [3.63, 3.8) is 0 Å². The van der Waals surface area contributed by atoms with E-state index < -0.39 is 34.8 Å². The number of allylic oxidation sites excluding steroid dienone is 1. The number of carbonyl (C=O) groups excluding carboxylic acids is 1. The molecule has 0 aliphatic rings. The molecule has 0 heterocycles. The Morgan fingerprint density at radius 1 is 1.12 bits per heavy atom. The minimum Gasteiger partial charge on any atom is -0.505 e. The van der Waals surface area contributed by atoms with Crippen LogP contribution in [0.3, 0.4) is 0 Å². The lowest BCUT2D eigenvalue weighted by molar-refractivity contribution is -0.137. The number of ketones is 1. The highest BCUT2D eigenvalue weighted by atomic mass is 19.4. The van der Waals surface area contributed by atoms with Crippen LogP contribution in [0, 0.1) is 0 Å². The van der Waals surface area contributed by atoms with Crippen LogP contribution < -0.4 is 5.73 Å². The zero-order valence-electron chi connectivity index (χ0n) is 12.5. The number of alkyl halides is 3. The second kappa shape index (κ2) is 6.68. The molecule has 0 amide bonds. The van der Waals surface area contributed by atoms with E-state index in [1.807, 2.05) is 0 Å². The van der Waals surface area contributed by atoms with Gasteiger partial charge in [0.1, 0.15) is 5.56 Å². The number of phenols is 1. The number of carboxylic acid groups (broad SMARTS) is 1. The second-order valence-corrected chi connectivity index (χ2v) is 5.09. The summed E-state index contributed by atoms with van der Waals surface area (Å²) in [7, 11) is 0. The SMILES string of the molecule is Nc1cc(C(=O)C=Cc2cccc(C(F)(F)F)c2)cc(C(=O)O)c1O. The number of carbonyl (C=O) groups is 2. The van der Waals surface area contributed by atoms with Gasteiger partial charge in [0.2, 0.25) is 0 Å². The Morgan fingerprint density at radius 2 is 1.80 bits per heavy atom. The molecule has 0 aromatic heterocycles. The van der Waals surface area contributed by atoms with E-state index in [4.69, 9.17) is 10.8 Å². The molecule has 0 unspecified atom stereocenters. The van der Waals surface area contributed by atoms with Gasteiger partial charge in [-0.2, -0.15) is 13.2 Å². The molecular formula is C17H12F3NO4. The molecule has 0 bridgehead atoms. The Hall–Kier alpha value is -3.29. The first-order valence-corrected chi connectivity index (χ1v) is 6.85. The van der Waals surface area contributed by atoms with Crippen molar-refractivity contribution in [3.05, 3.63) is 64.7 Å². The number of rotatable bonds is 4. The molecule has 5 nitrogen and oxygen atoms in total. The van der Waals surface area contributed by atoms with Crippen molar-refractivity contribution in [2.75, 3.05) is 5.73 Å². The molecule has 0 saturated heterocycles. The van der Waals surface area contributed by atoms with E-state index >= 15 is 0 Å². The number of halogens is 3. The van der Waals surface area contributed by atoms with E-state index in [1.165, 1.54) is 18.2 Å². The lowest BCUT2D eigenvalue weighted by atomic mass is 10.0. The Bertz CT molecular complexity index is 873. The third-order valence-corrected chi connectivity index (χ3v) is 3.30. The van der Waals surface area contributed by atoms with Gasteiger partial charge in [0.25, 0.3) is 0 Å². The fourth-order valence-corrected chi connectivity index (χ4v) is 2.05. The van der Waals surface area contributed by atoms with Crippen LogP contribution in [0.4, 0.5) is 18.9 Å². The normalized spacial score (nSPS) is 11.6. The van der Waals surface area contributed by atoms with Gasteiger partial charge < -0.3 is 15.9 Å². The second-order valence-electron chi connectivity index (χ2n) is 5.09. The lowest BCUT2D eigenvalue weighted by Gasteiger charge is -2.07. The van der Waals surface area contributed by atoms with Crippen molar-refractivity contribution in [3.8, 4) is 5.75 Å². The van der Waals surface area contributed by atoms with Gasteiger partial charge >= 0.3 is 12.1 Å². The highest BCUT2D eigenvalue weighted by molar-refractivity contribution is 6.09. The average Bonchev–Trinajstić information content (AvgIpc) is 2.54. The number of anilines is 1. The molecule has 25 heavy (non-hydrogen) atoms. The van der Waals surface area contributed by atoms with Gasteiger partial charge in [-0.15, -0.1) is 0 Å². The van der Waals surface area contributed by atoms with Crippen LogP contribution >= 0.6 is 0 Å². The first-order chi connectivity index (χ1) is 11.6. The largest absolute Gasteiger partial charge is 0.505 e. The van der Waals surface area contributed by atoms with Crippen LogP contribution in [-0.4, -0.2) is 22.0 Å². The van der Waals surface area contributed by atoms with Gasteiger partial charge in [-0.25, -0.2) is 4.79 Å². The molecule has 8 heteroatoms. The molecule has 0 saturated carbocycles.